The predicted molar refractivity (Wildman–Crippen MR) is 119 cm³/mol. The van der Waals surface area contributed by atoms with Crippen molar-refractivity contribution in [3.05, 3.63) is 47.5 Å². The molecule has 32 heavy (non-hydrogen) atoms. The highest BCUT2D eigenvalue weighted by Crippen LogP contribution is 2.35. The Bertz CT molecular complexity index is 1130. The first-order chi connectivity index (χ1) is 15.2. The first-order valence-electron chi connectivity index (χ1n) is 10.6. The first kappa shape index (κ1) is 22.4. The van der Waals surface area contributed by atoms with Gasteiger partial charge in [-0.25, -0.2) is 13.1 Å². The Labute approximate surface area is 188 Å². The molecule has 0 atom stereocenters. The summed E-state index contributed by atoms with van der Waals surface area (Å²) in [6.07, 6.45) is 1.63. The van der Waals surface area contributed by atoms with Gasteiger partial charge in [-0.1, -0.05) is 19.9 Å². The van der Waals surface area contributed by atoms with Crippen molar-refractivity contribution in [2.75, 3.05) is 26.9 Å². The second kappa shape index (κ2) is 8.63. The molecule has 0 saturated heterocycles. The second-order valence-corrected chi connectivity index (χ2v) is 10.4. The van der Waals surface area contributed by atoms with Crippen LogP contribution >= 0.6 is 0 Å². The maximum absolute atomic E-state index is 12.9. The number of nitrogens with one attached hydrogen (secondary N) is 2. The quantitative estimate of drug-likeness (QED) is 0.628. The van der Waals surface area contributed by atoms with Crippen molar-refractivity contribution in [3.8, 4) is 17.2 Å². The van der Waals surface area contributed by atoms with Crippen molar-refractivity contribution >= 4 is 15.9 Å². The Kier molecular flexibility index (Phi) is 6.05. The van der Waals surface area contributed by atoms with Crippen LogP contribution in [0.5, 0.6) is 17.2 Å². The Morgan fingerprint density at radius 3 is 2.50 bits per heavy atom. The molecule has 2 aromatic rings. The van der Waals surface area contributed by atoms with Crippen molar-refractivity contribution in [2.45, 2.75) is 43.0 Å². The third-order valence-corrected chi connectivity index (χ3v) is 7.17. The highest BCUT2D eigenvalue weighted by atomic mass is 32.2. The van der Waals surface area contributed by atoms with Crippen LogP contribution in [0.25, 0.3) is 0 Å². The molecule has 4 rings (SSSR count). The summed E-state index contributed by atoms with van der Waals surface area (Å²) in [6, 6.07) is 10.1. The molecule has 2 N–H and O–H groups in total. The summed E-state index contributed by atoms with van der Waals surface area (Å²) >= 11 is 0. The van der Waals surface area contributed by atoms with E-state index in [-0.39, 0.29) is 33.6 Å². The normalized spacial score (nSPS) is 15.8. The molecule has 0 spiro atoms. The molecule has 1 saturated carbocycles. The lowest BCUT2D eigenvalue weighted by atomic mass is 9.84. The van der Waals surface area contributed by atoms with Crippen molar-refractivity contribution in [2.24, 2.45) is 0 Å². The number of ether oxygens (including phenoxy) is 3. The minimum absolute atomic E-state index is 0.0364. The first-order valence-corrected chi connectivity index (χ1v) is 12.1. The Morgan fingerprint density at radius 2 is 1.81 bits per heavy atom. The fourth-order valence-corrected chi connectivity index (χ4v) is 4.98. The average molecular weight is 461 g/mol. The van der Waals surface area contributed by atoms with E-state index in [2.05, 4.69) is 10.0 Å². The van der Waals surface area contributed by atoms with Gasteiger partial charge in [-0.3, -0.25) is 4.79 Å². The van der Waals surface area contributed by atoms with Gasteiger partial charge in [-0.05, 0) is 48.7 Å². The van der Waals surface area contributed by atoms with Crippen LogP contribution in [0.3, 0.4) is 0 Å². The summed E-state index contributed by atoms with van der Waals surface area (Å²) in [5.74, 6) is 1.25. The molecule has 2 aliphatic rings. The van der Waals surface area contributed by atoms with Crippen LogP contribution in [0.15, 0.2) is 41.3 Å². The van der Waals surface area contributed by atoms with Crippen LogP contribution in [0.4, 0.5) is 0 Å². The van der Waals surface area contributed by atoms with Gasteiger partial charge in [0.05, 0.1) is 7.11 Å². The van der Waals surface area contributed by atoms with Crippen molar-refractivity contribution in [1.29, 1.82) is 0 Å². The van der Waals surface area contributed by atoms with Crippen LogP contribution < -0.4 is 24.2 Å². The van der Waals surface area contributed by atoms with Gasteiger partial charge in [0.15, 0.2) is 11.5 Å². The van der Waals surface area contributed by atoms with E-state index in [4.69, 9.17) is 14.2 Å². The van der Waals surface area contributed by atoms with E-state index in [1.54, 1.807) is 6.07 Å². The molecule has 0 aromatic heterocycles. The van der Waals surface area contributed by atoms with E-state index in [0.29, 0.717) is 31.3 Å². The highest BCUT2D eigenvalue weighted by Gasteiger charge is 2.31. The number of benzene rings is 2. The minimum atomic E-state index is -3.77. The topological polar surface area (TPSA) is 103 Å². The lowest BCUT2D eigenvalue weighted by Crippen LogP contribution is -2.37. The third-order valence-electron chi connectivity index (χ3n) is 5.63. The largest absolute Gasteiger partial charge is 0.495 e. The van der Waals surface area contributed by atoms with E-state index < -0.39 is 10.0 Å². The average Bonchev–Trinajstić information content (AvgIpc) is 3.60. The number of rotatable bonds is 8. The van der Waals surface area contributed by atoms with E-state index >= 15 is 0 Å². The Hall–Kier alpha value is -2.78. The van der Waals surface area contributed by atoms with E-state index in [0.717, 1.165) is 18.4 Å². The van der Waals surface area contributed by atoms with Gasteiger partial charge in [-0.15, -0.1) is 0 Å². The minimum Gasteiger partial charge on any atom is -0.495 e. The Balaban J connectivity index is 1.49. The van der Waals surface area contributed by atoms with Gasteiger partial charge in [0.25, 0.3) is 5.91 Å². The third kappa shape index (κ3) is 4.83. The lowest BCUT2D eigenvalue weighted by molar-refractivity contribution is 0.0945. The molecule has 1 amide bonds. The molecule has 0 radical (unpaired) electrons. The highest BCUT2D eigenvalue weighted by molar-refractivity contribution is 7.89. The fraction of sp³-hybridized carbons (Fsp3) is 0.435. The number of sulfonamides is 1. The van der Waals surface area contributed by atoms with E-state index in [1.165, 1.54) is 19.2 Å². The number of amides is 1. The number of methoxy groups -OCH3 is 1. The molecule has 172 valence electrons. The summed E-state index contributed by atoms with van der Waals surface area (Å²) in [5.41, 5.74) is 0.856. The van der Waals surface area contributed by atoms with Crippen molar-refractivity contribution in [1.82, 2.24) is 10.0 Å². The second-order valence-electron chi connectivity index (χ2n) is 8.69. The maximum Gasteiger partial charge on any atom is 0.251 e. The van der Waals surface area contributed by atoms with Crippen molar-refractivity contribution in [3.63, 3.8) is 0 Å². The fourth-order valence-electron chi connectivity index (χ4n) is 3.48. The molecule has 1 aliphatic carbocycles. The number of hydrogen-bond acceptors (Lipinski definition) is 6. The van der Waals surface area contributed by atoms with Gasteiger partial charge in [0, 0.05) is 23.6 Å². The molecule has 9 heteroatoms. The molecule has 0 unspecified atom stereocenters. The van der Waals surface area contributed by atoms with Gasteiger partial charge in [0.2, 0.25) is 10.0 Å². The van der Waals surface area contributed by atoms with Gasteiger partial charge in [0.1, 0.15) is 23.9 Å². The van der Waals surface area contributed by atoms with Crippen LogP contribution in [0, 0.1) is 0 Å². The van der Waals surface area contributed by atoms with Crippen LogP contribution in [0.2, 0.25) is 0 Å². The predicted octanol–water partition coefficient (Wildman–Crippen LogP) is 2.61. The van der Waals surface area contributed by atoms with Gasteiger partial charge >= 0.3 is 0 Å². The smallest absolute Gasteiger partial charge is 0.251 e. The monoisotopic (exact) mass is 460 g/mol. The SMILES string of the molecule is COc1ccc(C(=O)NCC(C)(C)c2ccc3c(c2)OCCO3)cc1S(=O)(=O)NC1CC1. The molecular weight excluding hydrogens is 432 g/mol. The molecule has 2 aromatic carbocycles. The molecule has 1 heterocycles. The lowest BCUT2D eigenvalue weighted by Gasteiger charge is -2.28. The standard InChI is InChI=1S/C23H28N2O6S/c1-23(2,16-5-9-18-20(13-16)31-11-10-30-18)14-24-22(26)15-4-8-19(29-3)21(12-15)32(27,28)25-17-6-7-17/h4-5,8-9,12-13,17,25H,6-7,10-11,14H2,1-3H3,(H,24,26). The Morgan fingerprint density at radius 1 is 1.09 bits per heavy atom. The summed E-state index contributed by atoms with van der Waals surface area (Å²) in [5, 5.41) is 2.92. The number of fused-ring (bicyclic) bond motifs is 1. The molecule has 8 nitrogen and oxygen atoms in total. The summed E-state index contributed by atoms with van der Waals surface area (Å²) < 4.78 is 44.5. The van der Waals surface area contributed by atoms with Crippen LogP contribution in [-0.4, -0.2) is 47.2 Å². The molecule has 1 aliphatic heterocycles. The number of carbonyl (C=O) groups excluding carboxylic acids is 1. The molecule has 1 fully saturated rings. The van der Waals surface area contributed by atoms with Gasteiger partial charge in [-0.2, -0.15) is 0 Å². The zero-order chi connectivity index (χ0) is 22.9. The zero-order valence-electron chi connectivity index (χ0n) is 18.4. The summed E-state index contributed by atoms with van der Waals surface area (Å²) in [6.45, 7) is 5.41. The summed E-state index contributed by atoms with van der Waals surface area (Å²) in [4.78, 5) is 12.8. The van der Waals surface area contributed by atoms with Crippen molar-refractivity contribution < 1.29 is 27.4 Å². The number of hydrogen-bond donors (Lipinski definition) is 2. The van der Waals surface area contributed by atoms with Crippen LogP contribution in [-0.2, 0) is 15.4 Å². The van der Waals surface area contributed by atoms with Crippen LogP contribution in [0.1, 0.15) is 42.6 Å². The molecular formula is C23H28N2O6S. The van der Waals surface area contributed by atoms with E-state index in [1.807, 2.05) is 32.0 Å². The summed E-state index contributed by atoms with van der Waals surface area (Å²) in [7, 11) is -2.37. The van der Waals surface area contributed by atoms with E-state index in [9.17, 15) is 13.2 Å². The zero-order valence-corrected chi connectivity index (χ0v) is 19.3. The maximum atomic E-state index is 12.9. The van der Waals surface area contributed by atoms with Gasteiger partial charge < -0.3 is 19.5 Å². The number of carbonyl (C=O) groups is 1. The molecule has 0 bridgehead atoms.